The Balaban J connectivity index is 1.18. The molecule has 0 aliphatic carbocycles. The number of hydrogen-bond acceptors (Lipinski definition) is 6. The predicted octanol–water partition coefficient (Wildman–Crippen LogP) is 5.52. The molecule has 1 N–H and O–H groups in total. The van der Waals surface area contributed by atoms with Gasteiger partial charge in [-0.15, -0.1) is 0 Å². The second-order valence-corrected chi connectivity index (χ2v) is 11.8. The third-order valence-electron chi connectivity index (χ3n) is 8.84. The summed E-state index contributed by atoms with van der Waals surface area (Å²) < 4.78 is 7.67. The van der Waals surface area contributed by atoms with Gasteiger partial charge < -0.3 is 19.5 Å². The summed E-state index contributed by atoms with van der Waals surface area (Å²) in [5.74, 6) is 1.02. The zero-order valence-corrected chi connectivity index (χ0v) is 25.1. The molecule has 0 unspecified atom stereocenters. The average Bonchev–Trinajstić information content (AvgIpc) is 3.30. The van der Waals surface area contributed by atoms with Crippen LogP contribution >= 0.6 is 0 Å². The fourth-order valence-corrected chi connectivity index (χ4v) is 6.04. The van der Waals surface area contributed by atoms with Crippen LogP contribution in [0.15, 0.2) is 60.7 Å². The van der Waals surface area contributed by atoms with Crippen LogP contribution in [0, 0.1) is 6.92 Å². The van der Waals surface area contributed by atoms with E-state index in [0.29, 0.717) is 6.04 Å². The van der Waals surface area contributed by atoms with Crippen molar-refractivity contribution < 1.29 is 4.74 Å². The van der Waals surface area contributed by atoms with Crippen LogP contribution in [0.1, 0.15) is 30.8 Å². The third kappa shape index (κ3) is 6.27. The number of aromatic nitrogens is 2. The summed E-state index contributed by atoms with van der Waals surface area (Å²) in [6.45, 7) is 16.5. The highest BCUT2D eigenvalue weighted by Crippen LogP contribution is 2.32. The van der Waals surface area contributed by atoms with Crippen LogP contribution in [0.5, 0.6) is 0 Å². The van der Waals surface area contributed by atoms with E-state index in [0.717, 1.165) is 88.1 Å². The van der Waals surface area contributed by atoms with Gasteiger partial charge in [0.15, 0.2) is 0 Å². The topological polar surface area (TPSA) is 48.8 Å². The molecule has 3 aromatic carbocycles. The molecule has 6 rings (SSSR count). The summed E-state index contributed by atoms with van der Waals surface area (Å²) in [5.41, 5.74) is 9.62. The lowest BCUT2D eigenvalue weighted by atomic mass is 10.0. The molecule has 0 saturated carbocycles. The van der Waals surface area contributed by atoms with Gasteiger partial charge in [0.25, 0.3) is 0 Å². The molecule has 2 aliphatic heterocycles. The monoisotopic (exact) mass is 552 g/mol. The van der Waals surface area contributed by atoms with Crippen molar-refractivity contribution in [1.29, 1.82) is 0 Å². The molecule has 2 aliphatic rings. The van der Waals surface area contributed by atoms with Gasteiger partial charge in [0.1, 0.15) is 11.3 Å². The maximum atomic E-state index is 5.49. The Labute approximate surface area is 244 Å². The number of rotatable bonds is 8. The van der Waals surface area contributed by atoms with E-state index in [1.54, 1.807) is 0 Å². The van der Waals surface area contributed by atoms with Gasteiger partial charge >= 0.3 is 0 Å². The summed E-state index contributed by atoms with van der Waals surface area (Å²) in [4.78, 5) is 12.4. The van der Waals surface area contributed by atoms with Gasteiger partial charge in [-0.25, -0.2) is 4.98 Å². The van der Waals surface area contributed by atoms with E-state index < -0.39 is 0 Å². The van der Waals surface area contributed by atoms with Crippen molar-refractivity contribution in [2.24, 2.45) is 7.05 Å². The van der Waals surface area contributed by atoms with E-state index in [-0.39, 0.29) is 0 Å². The van der Waals surface area contributed by atoms with Crippen molar-refractivity contribution in [3.05, 3.63) is 77.6 Å². The Bertz CT molecular complexity index is 1450. The minimum atomic E-state index is 0.618. The smallest absolute Gasteiger partial charge is 0.112 e. The highest BCUT2D eigenvalue weighted by atomic mass is 16.5. The van der Waals surface area contributed by atoms with Crippen LogP contribution in [0.4, 0.5) is 11.4 Å². The first-order chi connectivity index (χ1) is 19.9. The highest BCUT2D eigenvalue weighted by molar-refractivity contribution is 5.94. The molecule has 1 aromatic heterocycles. The molecular formula is C34H44N6O. The van der Waals surface area contributed by atoms with Crippen LogP contribution in [0.25, 0.3) is 22.2 Å². The number of anilines is 2. The minimum absolute atomic E-state index is 0.618. The van der Waals surface area contributed by atoms with Crippen molar-refractivity contribution in [3.8, 4) is 11.1 Å². The van der Waals surface area contributed by atoms with E-state index in [1.165, 1.54) is 27.9 Å². The lowest BCUT2D eigenvalue weighted by molar-refractivity contribution is 0.0342. The molecule has 41 heavy (non-hydrogen) atoms. The van der Waals surface area contributed by atoms with Gasteiger partial charge in [-0.2, -0.15) is 0 Å². The highest BCUT2D eigenvalue weighted by Gasteiger charge is 2.19. The van der Waals surface area contributed by atoms with Crippen LogP contribution < -0.4 is 10.2 Å². The first-order valence-electron chi connectivity index (χ1n) is 15.1. The van der Waals surface area contributed by atoms with Gasteiger partial charge in [-0.05, 0) is 67.3 Å². The fourth-order valence-electron chi connectivity index (χ4n) is 6.04. The Morgan fingerprint density at radius 1 is 0.829 bits per heavy atom. The molecule has 0 spiro atoms. The molecule has 2 fully saturated rings. The molecule has 0 atom stereocenters. The van der Waals surface area contributed by atoms with Gasteiger partial charge in [0, 0.05) is 71.1 Å². The average molecular weight is 553 g/mol. The van der Waals surface area contributed by atoms with Crippen LogP contribution in [0.3, 0.4) is 0 Å². The molecular weight excluding hydrogens is 508 g/mol. The maximum absolute atomic E-state index is 5.49. The SMILES string of the molecule is Cc1nc2c(NCc3ccc(CN4CCOCC4)cc3)cc(-c3ccc(N4CCN(C(C)C)CC4)cc3)cc2n1C. The molecule has 2 saturated heterocycles. The van der Waals surface area contributed by atoms with Gasteiger partial charge in [0.2, 0.25) is 0 Å². The Hall–Kier alpha value is -3.39. The largest absolute Gasteiger partial charge is 0.379 e. The number of imidazole rings is 1. The predicted molar refractivity (Wildman–Crippen MR) is 170 cm³/mol. The normalized spacial score (nSPS) is 17.0. The molecule has 4 aromatic rings. The summed E-state index contributed by atoms with van der Waals surface area (Å²) >= 11 is 0. The molecule has 7 nitrogen and oxygen atoms in total. The zero-order valence-electron chi connectivity index (χ0n) is 25.1. The van der Waals surface area contributed by atoms with Crippen molar-refractivity contribution in [2.75, 3.05) is 62.7 Å². The first kappa shape index (κ1) is 27.8. The third-order valence-corrected chi connectivity index (χ3v) is 8.84. The van der Waals surface area contributed by atoms with E-state index in [4.69, 9.17) is 9.72 Å². The summed E-state index contributed by atoms with van der Waals surface area (Å²) in [5, 5.41) is 3.72. The molecule has 216 valence electrons. The number of nitrogens with zero attached hydrogens (tertiary/aromatic N) is 5. The number of nitrogens with one attached hydrogen (secondary N) is 1. The van der Waals surface area contributed by atoms with Crippen LogP contribution in [-0.4, -0.2) is 77.9 Å². The molecule has 0 bridgehead atoms. The van der Waals surface area contributed by atoms with Crippen LogP contribution in [0.2, 0.25) is 0 Å². The quantitative estimate of drug-likeness (QED) is 0.311. The standard InChI is InChI=1S/C34H44N6O/c1-25(2)39-13-15-40(16-14-39)31-11-9-29(10-12-31)30-21-32(34-33(22-30)37(4)26(3)36-34)35-23-27-5-7-28(8-6-27)24-38-17-19-41-20-18-38/h5-12,21-22,25,35H,13-20,23-24H2,1-4H3. The van der Waals surface area contributed by atoms with Crippen molar-refractivity contribution >= 4 is 22.4 Å². The second-order valence-electron chi connectivity index (χ2n) is 11.8. The molecule has 7 heteroatoms. The van der Waals surface area contributed by atoms with Crippen molar-refractivity contribution in [3.63, 3.8) is 0 Å². The van der Waals surface area contributed by atoms with Crippen molar-refractivity contribution in [2.45, 2.75) is 39.9 Å². The first-order valence-corrected chi connectivity index (χ1v) is 15.1. The maximum Gasteiger partial charge on any atom is 0.112 e. The van der Waals surface area contributed by atoms with E-state index in [9.17, 15) is 0 Å². The molecule has 3 heterocycles. The summed E-state index contributed by atoms with van der Waals surface area (Å²) in [6.07, 6.45) is 0. The van der Waals surface area contributed by atoms with E-state index >= 15 is 0 Å². The van der Waals surface area contributed by atoms with Gasteiger partial charge in [-0.3, -0.25) is 9.80 Å². The molecule has 0 radical (unpaired) electrons. The Kier molecular flexibility index (Phi) is 8.28. The van der Waals surface area contributed by atoms with E-state index in [2.05, 4.69) is 113 Å². The van der Waals surface area contributed by atoms with Gasteiger partial charge in [-0.1, -0.05) is 36.4 Å². The summed E-state index contributed by atoms with van der Waals surface area (Å²) in [6, 6.07) is 23.3. The lowest BCUT2D eigenvalue weighted by Crippen LogP contribution is -2.48. The summed E-state index contributed by atoms with van der Waals surface area (Å²) in [7, 11) is 2.10. The number of ether oxygens (including phenoxy) is 1. The lowest BCUT2D eigenvalue weighted by Gasteiger charge is -2.38. The number of benzene rings is 3. The number of piperazine rings is 1. The molecule has 0 amide bonds. The van der Waals surface area contributed by atoms with E-state index in [1.807, 2.05) is 0 Å². The Morgan fingerprint density at radius 3 is 2.20 bits per heavy atom. The Morgan fingerprint density at radius 2 is 1.51 bits per heavy atom. The number of aryl methyl sites for hydroxylation is 2. The van der Waals surface area contributed by atoms with Gasteiger partial charge in [0.05, 0.1) is 24.4 Å². The zero-order chi connectivity index (χ0) is 28.3. The number of hydrogen-bond donors (Lipinski definition) is 1. The second kappa shape index (κ2) is 12.2. The minimum Gasteiger partial charge on any atom is -0.379 e. The van der Waals surface area contributed by atoms with Crippen molar-refractivity contribution in [1.82, 2.24) is 19.4 Å². The number of fused-ring (bicyclic) bond motifs is 1. The number of morpholine rings is 1. The van der Waals surface area contributed by atoms with Crippen LogP contribution in [-0.2, 0) is 24.9 Å². The fraction of sp³-hybridized carbons (Fsp3) is 0.441.